The fourth-order valence-corrected chi connectivity index (χ4v) is 2.49. The molecule has 0 fully saturated rings. The highest BCUT2D eigenvalue weighted by atomic mass is 19.4. The van der Waals surface area contributed by atoms with E-state index in [4.69, 9.17) is 10.8 Å². The van der Waals surface area contributed by atoms with Crippen molar-refractivity contribution in [2.45, 2.75) is 12.4 Å². The Kier molecular flexibility index (Phi) is 4.89. The van der Waals surface area contributed by atoms with E-state index in [1.807, 2.05) is 0 Å². The summed E-state index contributed by atoms with van der Waals surface area (Å²) in [6.07, 6.45) is -10.6. The van der Waals surface area contributed by atoms with Crippen molar-refractivity contribution < 1.29 is 46.1 Å². The van der Waals surface area contributed by atoms with Crippen LogP contribution in [-0.2, 0) is 12.4 Å². The lowest BCUT2D eigenvalue weighted by Gasteiger charge is -2.19. The molecule has 1 aromatic carbocycles. The predicted molar refractivity (Wildman–Crippen MR) is 80.8 cm³/mol. The number of hydrogen-bond acceptors (Lipinski definition) is 4. The number of nitrogen functional groups attached to an aromatic ring is 1. The minimum absolute atomic E-state index is 0.194. The number of H-pyrrole nitrogens is 1. The zero-order chi connectivity index (χ0) is 21.6. The number of carboxylic acid groups (broad SMARTS) is 2. The molecule has 5 N–H and O–H groups in total. The number of carbonyl (C=O) groups is 2. The van der Waals surface area contributed by atoms with Crippen LogP contribution < -0.4 is 11.3 Å². The summed E-state index contributed by atoms with van der Waals surface area (Å²) in [5.74, 6) is -5.07. The highest BCUT2D eigenvalue weighted by molar-refractivity contribution is 6.07. The Morgan fingerprint density at radius 2 is 1.46 bits per heavy atom. The first-order valence-corrected chi connectivity index (χ1v) is 6.97. The van der Waals surface area contributed by atoms with Crippen molar-refractivity contribution >= 4 is 17.8 Å². The highest BCUT2D eigenvalue weighted by Crippen LogP contribution is 2.42. The number of nitrogens with one attached hydrogen (secondary N) is 1. The third-order valence-electron chi connectivity index (χ3n) is 3.59. The van der Waals surface area contributed by atoms with Gasteiger partial charge in [-0.3, -0.25) is 4.79 Å². The molecule has 150 valence electrons. The van der Waals surface area contributed by atoms with E-state index < -0.39 is 69.0 Å². The van der Waals surface area contributed by atoms with Gasteiger partial charge in [0.05, 0.1) is 11.1 Å². The molecule has 0 radical (unpaired) electrons. The fourth-order valence-electron chi connectivity index (χ4n) is 2.49. The largest absolute Gasteiger partial charge is 0.478 e. The zero-order valence-electron chi connectivity index (χ0n) is 13.2. The number of pyridine rings is 1. The summed E-state index contributed by atoms with van der Waals surface area (Å²) >= 11 is 0. The molecular formula is C15H8F6N2O5. The quantitative estimate of drug-likeness (QED) is 0.575. The average molecular weight is 410 g/mol. The molecule has 7 nitrogen and oxygen atoms in total. The first kappa shape index (κ1) is 20.8. The van der Waals surface area contributed by atoms with Gasteiger partial charge in [0.25, 0.3) is 5.56 Å². The molecule has 2 rings (SSSR count). The highest BCUT2D eigenvalue weighted by Gasteiger charge is 2.40. The Bertz CT molecular complexity index is 1040. The molecule has 1 aromatic heterocycles. The van der Waals surface area contributed by atoms with E-state index in [2.05, 4.69) is 0 Å². The maximum Gasteiger partial charge on any atom is 0.417 e. The van der Waals surface area contributed by atoms with Crippen LogP contribution in [0.1, 0.15) is 31.8 Å². The number of hydrogen-bond donors (Lipinski definition) is 4. The predicted octanol–water partition coefficient (Wildman–Crippen LogP) is 3.06. The minimum Gasteiger partial charge on any atom is -0.478 e. The molecule has 0 amide bonds. The van der Waals surface area contributed by atoms with Gasteiger partial charge in [-0.15, -0.1) is 0 Å². The summed E-state index contributed by atoms with van der Waals surface area (Å²) in [5, 5.41) is 18.4. The molecule has 0 bridgehead atoms. The average Bonchev–Trinajstić information content (AvgIpc) is 2.50. The minimum atomic E-state index is -5.44. The molecule has 2 aromatic rings. The summed E-state index contributed by atoms with van der Waals surface area (Å²) < 4.78 is 78.6. The molecule has 28 heavy (non-hydrogen) atoms. The standard InChI is InChI=1S/C15H8F6N2O5/c16-14(17,18)4-1-2-5(6(3-4)15(19,20)21)7-8(12(25)26)10(22)23-11(24)9(7)13(27)28/h1-3H,(H,25,26)(H,27,28)(H3,22,23,24). The van der Waals surface area contributed by atoms with E-state index in [1.165, 1.54) is 0 Å². The molecule has 0 unspecified atom stereocenters. The van der Waals surface area contributed by atoms with Crippen molar-refractivity contribution in [2.75, 3.05) is 5.73 Å². The summed E-state index contributed by atoms with van der Waals surface area (Å²) in [4.78, 5) is 36.3. The van der Waals surface area contributed by atoms with Gasteiger partial charge in [0, 0.05) is 5.56 Å². The number of alkyl halides is 6. The maximum absolute atomic E-state index is 13.4. The molecule has 0 saturated carbocycles. The number of anilines is 1. The second-order valence-corrected chi connectivity index (χ2v) is 5.36. The molecule has 0 atom stereocenters. The van der Waals surface area contributed by atoms with Crippen LogP contribution in [0.2, 0.25) is 0 Å². The van der Waals surface area contributed by atoms with Crippen molar-refractivity contribution in [2.24, 2.45) is 0 Å². The number of carboxylic acids is 2. The van der Waals surface area contributed by atoms with E-state index in [0.29, 0.717) is 0 Å². The van der Waals surface area contributed by atoms with Crippen molar-refractivity contribution in [1.29, 1.82) is 0 Å². The van der Waals surface area contributed by atoms with Gasteiger partial charge in [0.1, 0.15) is 16.9 Å². The normalized spacial score (nSPS) is 12.1. The maximum atomic E-state index is 13.4. The SMILES string of the molecule is Nc1[nH]c(=O)c(C(=O)O)c(-c2ccc(C(F)(F)F)cc2C(F)(F)F)c1C(=O)O. The van der Waals surface area contributed by atoms with Crippen LogP contribution in [0.4, 0.5) is 32.2 Å². The third-order valence-corrected chi connectivity index (χ3v) is 3.59. The number of aromatic nitrogens is 1. The van der Waals surface area contributed by atoms with E-state index >= 15 is 0 Å². The van der Waals surface area contributed by atoms with Gasteiger partial charge in [-0.05, 0) is 17.7 Å². The topological polar surface area (TPSA) is 133 Å². The smallest absolute Gasteiger partial charge is 0.417 e. The zero-order valence-corrected chi connectivity index (χ0v) is 13.2. The number of aromatic amines is 1. The van der Waals surface area contributed by atoms with Crippen molar-refractivity contribution in [3.05, 3.63) is 50.8 Å². The molecular weight excluding hydrogens is 402 g/mol. The molecule has 13 heteroatoms. The Morgan fingerprint density at radius 3 is 1.89 bits per heavy atom. The molecule has 0 aliphatic rings. The molecule has 1 heterocycles. The van der Waals surface area contributed by atoms with E-state index in [0.717, 1.165) is 0 Å². The van der Waals surface area contributed by atoms with Crippen LogP contribution in [0.25, 0.3) is 11.1 Å². The summed E-state index contributed by atoms with van der Waals surface area (Å²) in [6.45, 7) is 0. The van der Waals surface area contributed by atoms with Crippen LogP contribution in [0.3, 0.4) is 0 Å². The summed E-state index contributed by atoms with van der Waals surface area (Å²) in [5.41, 5.74) is -5.08. The van der Waals surface area contributed by atoms with Gasteiger partial charge >= 0.3 is 24.3 Å². The molecule has 0 saturated heterocycles. The monoisotopic (exact) mass is 410 g/mol. The van der Waals surface area contributed by atoms with Crippen LogP contribution >= 0.6 is 0 Å². The van der Waals surface area contributed by atoms with Crippen LogP contribution in [0.15, 0.2) is 23.0 Å². The van der Waals surface area contributed by atoms with Crippen LogP contribution in [-0.4, -0.2) is 27.1 Å². The second-order valence-electron chi connectivity index (χ2n) is 5.36. The summed E-state index contributed by atoms with van der Waals surface area (Å²) in [6, 6.07) is 0.113. The van der Waals surface area contributed by atoms with E-state index in [1.54, 1.807) is 4.98 Å². The van der Waals surface area contributed by atoms with Gasteiger partial charge in [0.15, 0.2) is 0 Å². The van der Waals surface area contributed by atoms with Gasteiger partial charge in [-0.2, -0.15) is 26.3 Å². The number of benzene rings is 1. The second kappa shape index (κ2) is 6.58. The molecule has 0 aliphatic carbocycles. The molecule has 0 spiro atoms. The molecule has 0 aliphatic heterocycles. The Balaban J connectivity index is 3.09. The Morgan fingerprint density at radius 1 is 0.929 bits per heavy atom. The number of nitrogens with two attached hydrogens (primary N) is 1. The Hall–Kier alpha value is -3.51. The summed E-state index contributed by atoms with van der Waals surface area (Å²) in [7, 11) is 0. The number of aromatic carboxylic acids is 2. The first-order chi connectivity index (χ1) is 12.7. The van der Waals surface area contributed by atoms with Crippen molar-refractivity contribution in [1.82, 2.24) is 4.98 Å². The van der Waals surface area contributed by atoms with Crippen LogP contribution in [0.5, 0.6) is 0 Å². The lowest BCUT2D eigenvalue weighted by molar-refractivity contribution is -0.142. The number of halogens is 6. The first-order valence-electron chi connectivity index (χ1n) is 6.97. The van der Waals surface area contributed by atoms with Gasteiger partial charge in [-0.25, -0.2) is 9.59 Å². The third kappa shape index (κ3) is 3.63. The Labute approximate surface area is 150 Å². The van der Waals surface area contributed by atoms with Gasteiger partial charge < -0.3 is 20.9 Å². The van der Waals surface area contributed by atoms with Crippen molar-refractivity contribution in [3.63, 3.8) is 0 Å². The fraction of sp³-hybridized carbons (Fsp3) is 0.133. The van der Waals surface area contributed by atoms with Gasteiger partial charge in [0.2, 0.25) is 0 Å². The van der Waals surface area contributed by atoms with E-state index in [-0.39, 0.29) is 18.2 Å². The lowest BCUT2D eigenvalue weighted by atomic mass is 9.90. The van der Waals surface area contributed by atoms with E-state index in [9.17, 15) is 45.8 Å². The van der Waals surface area contributed by atoms with Gasteiger partial charge in [-0.1, -0.05) is 6.07 Å². The lowest BCUT2D eigenvalue weighted by Crippen LogP contribution is -2.25. The number of rotatable bonds is 3. The van der Waals surface area contributed by atoms with Crippen molar-refractivity contribution in [3.8, 4) is 11.1 Å². The van der Waals surface area contributed by atoms with Crippen LogP contribution in [0, 0.1) is 0 Å².